The molecule has 0 aromatic rings. The first kappa shape index (κ1) is 32.7. The maximum absolute atomic E-state index is 11.9. The largest absolute Gasteiger partial charge is 0.394 e. The number of carbonyl (C=O) groups excluding carboxylic acids is 2. The highest BCUT2D eigenvalue weighted by molar-refractivity contribution is 5.77. The fraction of sp³-hybridized carbons (Fsp3) is 0.909. The normalized spacial score (nSPS) is 35.6. The highest BCUT2D eigenvalue weighted by Gasteiger charge is 2.45. The van der Waals surface area contributed by atoms with Crippen LogP contribution in [0.15, 0.2) is 0 Å². The Morgan fingerprint density at radius 1 is 0.579 bits per heavy atom. The summed E-state index contributed by atoms with van der Waals surface area (Å²) < 4.78 is 20.6. The van der Waals surface area contributed by atoms with Gasteiger partial charge in [0.25, 0.3) is 0 Å². The van der Waals surface area contributed by atoms with E-state index in [0.717, 1.165) is 12.8 Å². The van der Waals surface area contributed by atoms with Gasteiger partial charge in [-0.2, -0.15) is 0 Å². The van der Waals surface area contributed by atoms with Crippen molar-refractivity contribution in [2.75, 3.05) is 39.5 Å². The molecule has 0 bridgehead atoms. The highest BCUT2D eigenvalue weighted by atomic mass is 16.7. The monoisotopic (exact) mass is 556 g/mol. The molecule has 10 N–H and O–H groups in total. The molecular weight excluding hydrogens is 516 g/mol. The van der Waals surface area contributed by atoms with Crippen molar-refractivity contribution >= 4 is 11.8 Å². The van der Waals surface area contributed by atoms with Gasteiger partial charge in [0.2, 0.25) is 11.8 Å². The first-order chi connectivity index (χ1) is 18.1. The summed E-state index contributed by atoms with van der Waals surface area (Å²) in [6.45, 7) is -1.40. The van der Waals surface area contributed by atoms with Crippen molar-refractivity contribution in [2.45, 2.75) is 87.1 Å². The van der Waals surface area contributed by atoms with E-state index in [1.54, 1.807) is 0 Å². The number of rotatable bonds is 15. The third-order valence-corrected chi connectivity index (χ3v) is 6.20. The van der Waals surface area contributed by atoms with Crippen molar-refractivity contribution in [3.63, 3.8) is 0 Å². The van der Waals surface area contributed by atoms with Gasteiger partial charge < -0.3 is 70.4 Å². The lowest BCUT2D eigenvalue weighted by Crippen LogP contribution is -2.59. The van der Waals surface area contributed by atoms with Crippen LogP contribution in [0.25, 0.3) is 0 Å². The van der Waals surface area contributed by atoms with Gasteiger partial charge in [0.1, 0.15) is 62.0 Å². The van der Waals surface area contributed by atoms with Gasteiger partial charge in [0.05, 0.1) is 13.2 Å². The van der Waals surface area contributed by atoms with Gasteiger partial charge in [0.15, 0.2) is 12.6 Å². The molecule has 2 aliphatic heterocycles. The van der Waals surface area contributed by atoms with Crippen LogP contribution in [0.4, 0.5) is 0 Å². The number of aliphatic hydroxyl groups excluding tert-OH is 8. The second-order valence-corrected chi connectivity index (χ2v) is 9.13. The van der Waals surface area contributed by atoms with Gasteiger partial charge >= 0.3 is 0 Å². The number of nitrogens with one attached hydrogen (secondary N) is 2. The lowest BCUT2D eigenvalue weighted by Gasteiger charge is -2.39. The standard InChI is InChI=1S/C22H40N2O14/c25-7-11-15(29)17(31)19(33)21(37-11)35-9-13(27)23-5-3-1-2-4-6-24-14(28)10-36-22-20(34)18(32)16(30)12(8-26)38-22/h11-12,15-22,25-26,29-34H,1-10H2,(H,23,27)(H,24,28)/t11-,12-,15-,16-,17+,18+,19-,20-,21+,22+/m1/s1. The predicted molar refractivity (Wildman–Crippen MR) is 124 cm³/mol. The van der Waals surface area contributed by atoms with Gasteiger partial charge in [-0.15, -0.1) is 0 Å². The van der Waals surface area contributed by atoms with Crippen LogP contribution >= 0.6 is 0 Å². The third-order valence-electron chi connectivity index (χ3n) is 6.20. The molecule has 0 aromatic carbocycles. The molecule has 2 heterocycles. The second-order valence-electron chi connectivity index (χ2n) is 9.13. The minimum absolute atomic E-state index is 0.357. The molecule has 0 saturated carbocycles. The van der Waals surface area contributed by atoms with Gasteiger partial charge in [-0.3, -0.25) is 9.59 Å². The zero-order chi connectivity index (χ0) is 28.2. The fourth-order valence-corrected chi connectivity index (χ4v) is 3.89. The van der Waals surface area contributed by atoms with E-state index in [1.165, 1.54) is 0 Å². The molecule has 16 nitrogen and oxygen atoms in total. The van der Waals surface area contributed by atoms with Gasteiger partial charge in [-0.05, 0) is 12.8 Å². The lowest BCUT2D eigenvalue weighted by atomic mass is 9.99. The summed E-state index contributed by atoms with van der Waals surface area (Å²) in [6, 6.07) is 0. The molecule has 222 valence electrons. The number of aliphatic hydroxyl groups is 8. The van der Waals surface area contributed by atoms with Crippen LogP contribution in [0.3, 0.4) is 0 Å². The zero-order valence-corrected chi connectivity index (χ0v) is 20.9. The van der Waals surface area contributed by atoms with E-state index in [-0.39, 0.29) is 0 Å². The number of hydrogen-bond donors (Lipinski definition) is 10. The van der Waals surface area contributed by atoms with Crippen LogP contribution in [0.2, 0.25) is 0 Å². The minimum atomic E-state index is -1.59. The number of ether oxygens (including phenoxy) is 4. The molecule has 2 rings (SSSR count). The van der Waals surface area contributed by atoms with Crippen LogP contribution in [0.1, 0.15) is 25.7 Å². The Hall–Kier alpha value is -1.54. The zero-order valence-electron chi connectivity index (χ0n) is 20.9. The van der Waals surface area contributed by atoms with Crippen molar-refractivity contribution in [3.8, 4) is 0 Å². The summed E-state index contributed by atoms with van der Waals surface area (Å²) in [7, 11) is 0. The average Bonchev–Trinajstić information content (AvgIpc) is 2.91. The van der Waals surface area contributed by atoms with Crippen molar-refractivity contribution in [2.24, 2.45) is 0 Å². The molecule has 16 heteroatoms. The van der Waals surface area contributed by atoms with E-state index >= 15 is 0 Å². The van der Waals surface area contributed by atoms with E-state index in [9.17, 15) is 40.2 Å². The molecule has 0 spiro atoms. The van der Waals surface area contributed by atoms with Crippen LogP contribution in [0, 0.1) is 0 Å². The molecule has 2 amide bonds. The Labute approximate surface area is 219 Å². The summed E-state index contributed by atoms with van der Waals surface area (Å²) in [5.74, 6) is -0.956. The summed E-state index contributed by atoms with van der Waals surface area (Å²) in [4.78, 5) is 23.8. The van der Waals surface area contributed by atoms with Crippen LogP contribution in [0.5, 0.6) is 0 Å². The maximum Gasteiger partial charge on any atom is 0.246 e. The van der Waals surface area contributed by atoms with Crippen molar-refractivity contribution in [3.05, 3.63) is 0 Å². The number of amides is 2. The number of hydrogen-bond acceptors (Lipinski definition) is 14. The highest BCUT2D eigenvalue weighted by Crippen LogP contribution is 2.22. The Morgan fingerprint density at radius 2 is 0.947 bits per heavy atom. The van der Waals surface area contributed by atoms with Crippen molar-refractivity contribution in [1.29, 1.82) is 0 Å². The predicted octanol–water partition coefficient (Wildman–Crippen LogP) is -5.59. The van der Waals surface area contributed by atoms with E-state index in [0.29, 0.717) is 25.9 Å². The Bertz CT molecular complexity index is 656. The summed E-state index contributed by atoms with van der Waals surface area (Å²) in [5.41, 5.74) is 0. The first-order valence-corrected chi connectivity index (χ1v) is 12.5. The summed E-state index contributed by atoms with van der Waals surface area (Å²) >= 11 is 0. The minimum Gasteiger partial charge on any atom is -0.394 e. The molecule has 0 unspecified atom stereocenters. The van der Waals surface area contributed by atoms with Crippen molar-refractivity contribution in [1.82, 2.24) is 10.6 Å². The lowest BCUT2D eigenvalue weighted by molar-refractivity contribution is -0.299. The maximum atomic E-state index is 11.9. The van der Waals surface area contributed by atoms with E-state index in [1.807, 2.05) is 0 Å². The summed E-state index contributed by atoms with van der Waals surface area (Å²) in [6.07, 6.45) is -11.6. The topological polar surface area (TPSA) is 257 Å². The number of unbranched alkanes of at least 4 members (excludes halogenated alkanes) is 3. The van der Waals surface area contributed by atoms with Crippen LogP contribution in [-0.2, 0) is 28.5 Å². The van der Waals surface area contributed by atoms with E-state index in [2.05, 4.69) is 10.6 Å². The fourth-order valence-electron chi connectivity index (χ4n) is 3.89. The Morgan fingerprint density at radius 3 is 1.29 bits per heavy atom. The molecular formula is C22H40N2O14. The second kappa shape index (κ2) is 16.5. The molecule has 2 aliphatic rings. The third kappa shape index (κ3) is 9.58. The quantitative estimate of drug-likeness (QED) is 0.0844. The molecule has 0 aliphatic carbocycles. The molecule has 0 radical (unpaired) electrons. The van der Waals surface area contributed by atoms with Crippen LogP contribution in [-0.4, -0.2) is 154 Å². The molecule has 2 saturated heterocycles. The Kier molecular flexibility index (Phi) is 14.2. The molecule has 38 heavy (non-hydrogen) atoms. The molecule has 2 fully saturated rings. The van der Waals surface area contributed by atoms with Gasteiger partial charge in [-0.25, -0.2) is 0 Å². The smallest absolute Gasteiger partial charge is 0.246 e. The van der Waals surface area contributed by atoms with E-state index in [4.69, 9.17) is 29.2 Å². The molecule has 0 aromatic heterocycles. The average molecular weight is 557 g/mol. The van der Waals surface area contributed by atoms with Crippen LogP contribution < -0.4 is 10.6 Å². The molecule has 10 atom stereocenters. The van der Waals surface area contributed by atoms with Gasteiger partial charge in [-0.1, -0.05) is 12.8 Å². The van der Waals surface area contributed by atoms with Gasteiger partial charge in [0, 0.05) is 13.1 Å². The Balaban J connectivity index is 1.49. The number of carbonyl (C=O) groups is 2. The summed E-state index contributed by atoms with van der Waals surface area (Å²) in [5, 5.41) is 82.2. The van der Waals surface area contributed by atoms with Crippen molar-refractivity contribution < 1.29 is 69.4 Å². The van der Waals surface area contributed by atoms with E-state index < -0.39 is 99.7 Å². The first-order valence-electron chi connectivity index (χ1n) is 12.5. The SMILES string of the molecule is O=C(CO[C@H]1O[C@H](CO)[C@@H](O)[C@H](O)[C@H]1O)NCCCCCCNC(=O)CO[C@H]1O[C@H](CO)[C@@H](O)[C@H](O)[C@H]1O.